The third-order valence-electron chi connectivity index (χ3n) is 5.73. The summed E-state index contributed by atoms with van der Waals surface area (Å²) in [5.41, 5.74) is 4.53. The van der Waals surface area contributed by atoms with Crippen molar-refractivity contribution in [3.63, 3.8) is 0 Å². The predicted octanol–water partition coefficient (Wildman–Crippen LogP) is 7.25. The molecule has 0 heterocycles. The number of fused-ring (bicyclic) bond motifs is 2. The van der Waals surface area contributed by atoms with Crippen molar-refractivity contribution in [3.05, 3.63) is 109 Å². The SMILES string of the molecule is COCOc1ccc2ccccc2c1-c1c(NCc2ccccc2)ccc2ccccc12. The largest absolute Gasteiger partial charge is 0.467 e. The third-order valence-corrected chi connectivity index (χ3v) is 5.73. The molecule has 0 saturated carbocycles. The van der Waals surface area contributed by atoms with Gasteiger partial charge in [0.05, 0.1) is 0 Å². The minimum Gasteiger partial charge on any atom is -0.467 e. The number of hydrogen-bond donors (Lipinski definition) is 1. The van der Waals surface area contributed by atoms with Crippen LogP contribution >= 0.6 is 0 Å². The molecule has 0 aromatic heterocycles. The molecule has 0 bridgehead atoms. The van der Waals surface area contributed by atoms with Gasteiger partial charge in [-0.05, 0) is 39.2 Å². The fraction of sp³-hybridized carbons (Fsp3) is 0.103. The normalized spacial score (nSPS) is 11.0. The van der Waals surface area contributed by atoms with E-state index >= 15 is 0 Å². The third kappa shape index (κ3) is 3.91. The van der Waals surface area contributed by atoms with Crippen LogP contribution < -0.4 is 10.1 Å². The van der Waals surface area contributed by atoms with Crippen molar-refractivity contribution in [2.45, 2.75) is 6.54 Å². The highest BCUT2D eigenvalue weighted by atomic mass is 16.7. The van der Waals surface area contributed by atoms with Gasteiger partial charge in [-0.1, -0.05) is 91.0 Å². The molecule has 0 saturated heterocycles. The van der Waals surface area contributed by atoms with E-state index in [1.165, 1.54) is 21.7 Å². The molecule has 5 rings (SSSR count). The Morgan fingerprint density at radius 2 is 1.25 bits per heavy atom. The van der Waals surface area contributed by atoms with E-state index in [1.54, 1.807) is 7.11 Å². The predicted molar refractivity (Wildman–Crippen MR) is 133 cm³/mol. The summed E-state index contributed by atoms with van der Waals surface area (Å²) in [4.78, 5) is 0. The van der Waals surface area contributed by atoms with Crippen LogP contribution in [-0.4, -0.2) is 13.9 Å². The smallest absolute Gasteiger partial charge is 0.188 e. The minimum atomic E-state index is 0.197. The molecule has 0 spiro atoms. The summed E-state index contributed by atoms with van der Waals surface area (Å²) in [6.07, 6.45) is 0. The summed E-state index contributed by atoms with van der Waals surface area (Å²) in [6.45, 7) is 0.939. The Balaban J connectivity index is 1.74. The number of hydrogen-bond acceptors (Lipinski definition) is 3. The fourth-order valence-corrected chi connectivity index (χ4v) is 4.23. The quantitative estimate of drug-likeness (QED) is 0.282. The number of rotatable bonds is 7. The van der Waals surface area contributed by atoms with Gasteiger partial charge >= 0.3 is 0 Å². The van der Waals surface area contributed by atoms with Gasteiger partial charge in [0.1, 0.15) is 5.75 Å². The van der Waals surface area contributed by atoms with Gasteiger partial charge in [0.25, 0.3) is 0 Å². The van der Waals surface area contributed by atoms with Gasteiger partial charge in [0.2, 0.25) is 0 Å². The maximum absolute atomic E-state index is 6.07. The Hall–Kier alpha value is -3.82. The lowest BCUT2D eigenvalue weighted by atomic mass is 9.91. The first-order valence-corrected chi connectivity index (χ1v) is 10.8. The first-order chi connectivity index (χ1) is 15.8. The molecule has 3 nitrogen and oxygen atoms in total. The average molecular weight is 420 g/mol. The molecule has 0 amide bonds. The molecule has 0 aliphatic rings. The molecule has 0 unspecified atom stereocenters. The monoisotopic (exact) mass is 419 g/mol. The van der Waals surface area contributed by atoms with Crippen LogP contribution in [0.1, 0.15) is 5.56 Å². The van der Waals surface area contributed by atoms with Crippen LogP contribution in [0.3, 0.4) is 0 Å². The van der Waals surface area contributed by atoms with Crippen LogP contribution in [0.2, 0.25) is 0 Å². The second-order valence-corrected chi connectivity index (χ2v) is 7.76. The Kier molecular flexibility index (Phi) is 5.73. The van der Waals surface area contributed by atoms with Gasteiger partial charge in [-0.25, -0.2) is 0 Å². The molecule has 0 fully saturated rings. The lowest BCUT2D eigenvalue weighted by molar-refractivity contribution is 0.0516. The van der Waals surface area contributed by atoms with E-state index in [9.17, 15) is 0 Å². The maximum Gasteiger partial charge on any atom is 0.188 e. The maximum atomic E-state index is 6.07. The summed E-state index contributed by atoms with van der Waals surface area (Å²) in [5, 5.41) is 8.39. The molecule has 0 atom stereocenters. The second kappa shape index (κ2) is 9.13. The van der Waals surface area contributed by atoms with Crippen molar-refractivity contribution < 1.29 is 9.47 Å². The van der Waals surface area contributed by atoms with Crippen molar-refractivity contribution in [2.24, 2.45) is 0 Å². The van der Waals surface area contributed by atoms with Gasteiger partial charge in [-0.15, -0.1) is 0 Å². The summed E-state index contributed by atoms with van der Waals surface area (Å²) in [5.74, 6) is 0.810. The minimum absolute atomic E-state index is 0.197. The summed E-state index contributed by atoms with van der Waals surface area (Å²) in [6, 6.07) is 35.9. The molecule has 158 valence electrons. The second-order valence-electron chi connectivity index (χ2n) is 7.76. The van der Waals surface area contributed by atoms with Crippen LogP contribution in [0.15, 0.2) is 103 Å². The summed E-state index contributed by atoms with van der Waals surface area (Å²) >= 11 is 0. The highest BCUT2D eigenvalue weighted by Crippen LogP contribution is 2.44. The van der Waals surface area contributed by atoms with Crippen molar-refractivity contribution in [2.75, 3.05) is 19.2 Å². The van der Waals surface area contributed by atoms with Crippen molar-refractivity contribution >= 4 is 27.2 Å². The standard InChI is InChI=1S/C29H25NO2/c1-31-20-32-27-18-16-23-12-6-8-14-25(23)29(27)28-24-13-7-5-11-22(24)15-17-26(28)30-19-21-9-3-2-4-10-21/h2-18,30H,19-20H2,1H3. The number of benzene rings is 5. The first-order valence-electron chi connectivity index (χ1n) is 10.8. The molecule has 32 heavy (non-hydrogen) atoms. The average Bonchev–Trinajstić information content (AvgIpc) is 2.86. The van der Waals surface area contributed by atoms with Crippen LogP contribution in [0, 0.1) is 0 Å². The molecule has 3 heteroatoms. The van der Waals surface area contributed by atoms with Gasteiger partial charge in [0.15, 0.2) is 6.79 Å². The fourth-order valence-electron chi connectivity index (χ4n) is 4.23. The molecule has 0 aliphatic carbocycles. The summed E-state index contributed by atoms with van der Waals surface area (Å²) in [7, 11) is 1.64. The molecule has 1 N–H and O–H groups in total. The summed E-state index contributed by atoms with van der Waals surface area (Å²) < 4.78 is 11.3. The Morgan fingerprint density at radius 1 is 0.625 bits per heavy atom. The topological polar surface area (TPSA) is 30.5 Å². The van der Waals surface area contributed by atoms with Crippen molar-refractivity contribution in [3.8, 4) is 16.9 Å². The molecular formula is C29H25NO2. The van der Waals surface area contributed by atoms with Crippen LogP contribution in [0.5, 0.6) is 5.75 Å². The number of anilines is 1. The van der Waals surface area contributed by atoms with E-state index in [0.29, 0.717) is 0 Å². The number of methoxy groups -OCH3 is 1. The Labute approximate surface area is 188 Å². The zero-order chi connectivity index (χ0) is 21.8. The highest BCUT2D eigenvalue weighted by Gasteiger charge is 2.18. The first kappa shape index (κ1) is 20.1. The van der Waals surface area contributed by atoms with E-state index < -0.39 is 0 Å². The lowest BCUT2D eigenvalue weighted by Crippen LogP contribution is -2.04. The Bertz CT molecular complexity index is 1360. The van der Waals surface area contributed by atoms with E-state index in [-0.39, 0.29) is 6.79 Å². The molecular weight excluding hydrogens is 394 g/mol. The van der Waals surface area contributed by atoms with Gasteiger partial charge in [-0.2, -0.15) is 0 Å². The van der Waals surface area contributed by atoms with Crippen LogP contribution in [0.4, 0.5) is 5.69 Å². The van der Waals surface area contributed by atoms with E-state index in [4.69, 9.17) is 9.47 Å². The van der Waals surface area contributed by atoms with Crippen molar-refractivity contribution in [1.29, 1.82) is 0 Å². The van der Waals surface area contributed by atoms with Gasteiger partial charge in [-0.3, -0.25) is 0 Å². The molecule has 5 aromatic carbocycles. The Morgan fingerprint density at radius 3 is 1.97 bits per heavy atom. The van der Waals surface area contributed by atoms with E-state index in [1.807, 2.05) is 12.1 Å². The molecule has 0 aliphatic heterocycles. The van der Waals surface area contributed by atoms with Gasteiger partial charge < -0.3 is 14.8 Å². The van der Waals surface area contributed by atoms with E-state index in [0.717, 1.165) is 34.5 Å². The van der Waals surface area contributed by atoms with Gasteiger partial charge in [0, 0.05) is 30.5 Å². The zero-order valence-electron chi connectivity index (χ0n) is 18.0. The lowest BCUT2D eigenvalue weighted by Gasteiger charge is -2.20. The number of ether oxygens (including phenoxy) is 2. The zero-order valence-corrected chi connectivity index (χ0v) is 18.0. The molecule has 5 aromatic rings. The number of nitrogens with one attached hydrogen (secondary N) is 1. The highest BCUT2D eigenvalue weighted by molar-refractivity contribution is 6.11. The van der Waals surface area contributed by atoms with E-state index in [2.05, 4.69) is 96.3 Å². The van der Waals surface area contributed by atoms with Crippen LogP contribution in [0.25, 0.3) is 32.7 Å². The van der Waals surface area contributed by atoms with Crippen molar-refractivity contribution in [1.82, 2.24) is 0 Å². The van der Waals surface area contributed by atoms with Crippen LogP contribution in [-0.2, 0) is 11.3 Å². The molecule has 0 radical (unpaired) electrons.